The summed E-state index contributed by atoms with van der Waals surface area (Å²) in [5.74, 6) is 0. The molecule has 0 aliphatic rings. The molecular weight excluding hydrogens is 343 g/mol. The summed E-state index contributed by atoms with van der Waals surface area (Å²) in [7, 11) is 5.94. The van der Waals surface area contributed by atoms with Crippen LogP contribution >= 0.6 is 34.4 Å². The number of thioether (sulfide) groups is 1. The molecule has 0 heterocycles. The molecule has 0 saturated carbocycles. The fourth-order valence-electron chi connectivity index (χ4n) is 0.976. The summed E-state index contributed by atoms with van der Waals surface area (Å²) in [6.45, 7) is 8.20. The zero-order valence-electron chi connectivity index (χ0n) is 11.2. The minimum atomic E-state index is 0.316. The molecule has 1 unspecified atom stereocenters. The lowest BCUT2D eigenvalue weighted by Crippen LogP contribution is -2.31. The van der Waals surface area contributed by atoms with E-state index in [0.717, 1.165) is 9.95 Å². The minimum absolute atomic E-state index is 0.316. The second-order valence-electron chi connectivity index (χ2n) is 3.78. The van der Waals surface area contributed by atoms with Gasteiger partial charge in [0.05, 0.1) is 11.1 Å². The van der Waals surface area contributed by atoms with Gasteiger partial charge in [0.2, 0.25) is 0 Å². The van der Waals surface area contributed by atoms with E-state index in [0.29, 0.717) is 6.04 Å². The summed E-state index contributed by atoms with van der Waals surface area (Å²) in [5, 5.41) is 1.08. The largest absolute Gasteiger partial charge is 0.301 e. The molecule has 0 amide bonds. The van der Waals surface area contributed by atoms with E-state index < -0.39 is 0 Å². The average molecular weight is 364 g/mol. The Labute approximate surface area is 123 Å². The Morgan fingerprint density at radius 1 is 1.41 bits per heavy atom. The first-order valence-electron chi connectivity index (χ1n) is 5.42. The van der Waals surface area contributed by atoms with Crippen LogP contribution in [-0.2, 0) is 0 Å². The van der Waals surface area contributed by atoms with Crippen LogP contribution in [0.1, 0.15) is 13.8 Å². The Hall–Kier alpha value is -0.0700. The molecule has 0 radical (unpaired) electrons. The normalized spacial score (nSPS) is 15.7. The predicted octanol–water partition coefficient (Wildman–Crippen LogP) is 4.11. The van der Waals surface area contributed by atoms with Crippen molar-refractivity contribution in [3.63, 3.8) is 0 Å². The number of halogens is 1. The Morgan fingerprint density at radius 2 is 2.00 bits per heavy atom. The number of hydrogen-bond donors (Lipinski definition) is 0. The highest BCUT2D eigenvalue weighted by Gasteiger charge is 2.13. The zero-order valence-corrected chi connectivity index (χ0v) is 14.2. The molecule has 4 heteroatoms. The van der Waals surface area contributed by atoms with Crippen molar-refractivity contribution in [1.82, 2.24) is 4.90 Å². The highest BCUT2D eigenvalue weighted by atomic mass is 127. The van der Waals surface area contributed by atoms with Crippen molar-refractivity contribution in [3.05, 3.63) is 33.3 Å². The van der Waals surface area contributed by atoms with Crippen LogP contribution in [0.2, 0.25) is 0 Å². The van der Waals surface area contributed by atoms with Crippen LogP contribution in [-0.4, -0.2) is 37.1 Å². The second-order valence-corrected chi connectivity index (χ2v) is 6.17. The van der Waals surface area contributed by atoms with Crippen molar-refractivity contribution in [2.45, 2.75) is 19.9 Å². The van der Waals surface area contributed by atoms with Crippen molar-refractivity contribution in [1.29, 1.82) is 0 Å². The maximum Gasteiger partial charge on any atom is 0.0889 e. The topological polar surface area (TPSA) is 15.6 Å². The van der Waals surface area contributed by atoms with E-state index in [1.54, 1.807) is 11.8 Å². The lowest BCUT2D eigenvalue weighted by Gasteiger charge is -2.21. The molecule has 0 saturated heterocycles. The standard InChI is InChI=1S/C13H21IN2S/c1-7-12(14)9-8-10(2)17-13(15-4)11(3)16(5)6/h7-9,11H,2H2,1,3-6H3/b9-8-,12-7+,15-13-. The molecule has 0 aliphatic carbocycles. The first-order valence-corrected chi connectivity index (χ1v) is 7.31. The van der Waals surface area contributed by atoms with E-state index >= 15 is 0 Å². The van der Waals surface area contributed by atoms with Crippen LogP contribution in [0, 0.1) is 0 Å². The van der Waals surface area contributed by atoms with Crippen LogP contribution in [0.4, 0.5) is 0 Å². The predicted molar refractivity (Wildman–Crippen MR) is 90.2 cm³/mol. The molecule has 2 nitrogen and oxygen atoms in total. The summed E-state index contributed by atoms with van der Waals surface area (Å²) in [6, 6.07) is 0.316. The average Bonchev–Trinajstić information content (AvgIpc) is 2.31. The Morgan fingerprint density at radius 3 is 2.41 bits per heavy atom. The van der Waals surface area contributed by atoms with Gasteiger partial charge in [-0.25, -0.2) is 0 Å². The van der Waals surface area contributed by atoms with Gasteiger partial charge < -0.3 is 4.90 Å². The molecule has 0 N–H and O–H groups in total. The number of aliphatic imine (C=N–C) groups is 1. The van der Waals surface area contributed by atoms with Gasteiger partial charge in [0.1, 0.15) is 0 Å². The summed E-state index contributed by atoms with van der Waals surface area (Å²) >= 11 is 3.92. The number of hydrogen-bond acceptors (Lipinski definition) is 3. The van der Waals surface area contributed by atoms with Crippen LogP contribution in [0.3, 0.4) is 0 Å². The van der Waals surface area contributed by atoms with E-state index in [4.69, 9.17) is 0 Å². The van der Waals surface area contributed by atoms with Gasteiger partial charge in [0.25, 0.3) is 0 Å². The Bertz CT molecular complexity index is 343. The van der Waals surface area contributed by atoms with Gasteiger partial charge in [-0.1, -0.05) is 24.4 Å². The molecule has 0 rings (SSSR count). The van der Waals surface area contributed by atoms with Gasteiger partial charge in [0.15, 0.2) is 0 Å². The van der Waals surface area contributed by atoms with E-state index in [9.17, 15) is 0 Å². The highest BCUT2D eigenvalue weighted by Crippen LogP contribution is 2.21. The molecule has 0 fully saturated rings. The fraction of sp³-hybridized carbons (Fsp3) is 0.462. The molecule has 0 aromatic rings. The van der Waals surface area contributed by atoms with Crippen LogP contribution in [0.25, 0.3) is 0 Å². The maximum atomic E-state index is 4.32. The lowest BCUT2D eigenvalue weighted by molar-refractivity contribution is 0.384. The van der Waals surface area contributed by atoms with Crippen molar-refractivity contribution in [2.75, 3.05) is 21.1 Å². The summed E-state index contributed by atoms with van der Waals surface area (Å²) < 4.78 is 1.21. The molecule has 0 bridgehead atoms. The Kier molecular flexibility index (Phi) is 8.90. The van der Waals surface area contributed by atoms with Gasteiger partial charge >= 0.3 is 0 Å². The van der Waals surface area contributed by atoms with E-state index in [1.165, 1.54) is 3.58 Å². The third-order valence-electron chi connectivity index (χ3n) is 2.29. The first kappa shape index (κ1) is 16.9. The molecular formula is C13H21IN2S. The van der Waals surface area contributed by atoms with Crippen molar-refractivity contribution < 1.29 is 0 Å². The first-order chi connectivity index (χ1) is 7.92. The van der Waals surface area contributed by atoms with Crippen LogP contribution in [0.15, 0.2) is 38.3 Å². The van der Waals surface area contributed by atoms with Crippen LogP contribution in [0.5, 0.6) is 0 Å². The third-order valence-corrected chi connectivity index (χ3v) is 4.41. The lowest BCUT2D eigenvalue weighted by atomic mass is 10.3. The number of allylic oxidation sites excluding steroid dienone is 4. The van der Waals surface area contributed by atoms with Crippen molar-refractivity contribution in [3.8, 4) is 0 Å². The van der Waals surface area contributed by atoms with E-state index in [-0.39, 0.29) is 0 Å². The van der Waals surface area contributed by atoms with Crippen molar-refractivity contribution >= 4 is 39.4 Å². The molecule has 0 aromatic carbocycles. The summed E-state index contributed by atoms with van der Waals surface area (Å²) in [4.78, 5) is 7.47. The highest BCUT2D eigenvalue weighted by molar-refractivity contribution is 14.1. The third kappa shape index (κ3) is 7.06. The number of nitrogens with zero attached hydrogens (tertiary/aromatic N) is 2. The molecule has 0 aromatic heterocycles. The smallest absolute Gasteiger partial charge is 0.0889 e. The number of rotatable bonds is 5. The van der Waals surface area contributed by atoms with Gasteiger partial charge in [0, 0.05) is 15.5 Å². The molecule has 0 aliphatic heterocycles. The fourth-order valence-corrected chi connectivity index (χ4v) is 2.03. The van der Waals surface area contributed by atoms with Crippen molar-refractivity contribution in [2.24, 2.45) is 4.99 Å². The van der Waals surface area contributed by atoms with Crippen LogP contribution < -0.4 is 0 Å². The Balaban J connectivity index is 4.52. The van der Waals surface area contributed by atoms with Gasteiger partial charge in [-0.15, -0.1) is 0 Å². The summed E-state index contributed by atoms with van der Waals surface area (Å²) in [6.07, 6.45) is 6.15. The minimum Gasteiger partial charge on any atom is -0.301 e. The molecule has 96 valence electrons. The zero-order chi connectivity index (χ0) is 13.4. The second kappa shape index (κ2) is 8.94. The van der Waals surface area contributed by atoms with E-state index in [1.807, 2.05) is 20.0 Å². The molecule has 17 heavy (non-hydrogen) atoms. The summed E-state index contributed by atoms with van der Waals surface area (Å²) in [5.41, 5.74) is 0. The quantitative estimate of drug-likeness (QED) is 0.316. The maximum absolute atomic E-state index is 4.32. The van der Waals surface area contributed by atoms with Gasteiger partial charge in [-0.2, -0.15) is 0 Å². The molecule has 0 spiro atoms. The monoisotopic (exact) mass is 364 g/mol. The van der Waals surface area contributed by atoms with Gasteiger partial charge in [-0.05, 0) is 62.7 Å². The molecule has 1 atom stereocenters. The SMILES string of the molecule is C=C(/C=C\C(I)=C/C)S/C(=N\C)C(C)N(C)C. The van der Waals surface area contributed by atoms with Gasteiger partial charge in [-0.3, -0.25) is 4.99 Å². The van der Waals surface area contributed by atoms with E-state index in [2.05, 4.69) is 72.2 Å².